The topological polar surface area (TPSA) is 66.5 Å². The van der Waals surface area contributed by atoms with Gasteiger partial charge in [-0.25, -0.2) is 8.42 Å². The highest BCUT2D eigenvalue weighted by atomic mass is 32.2. The SMILES string of the molecule is Cc1ccc(S(=O)(=O)CCC(=O)NC2CCN(Cc3cccc(C(F)(F)F)c3)CC2)cc1. The number of alkyl halides is 3. The van der Waals surface area contributed by atoms with E-state index in [1.165, 1.54) is 12.1 Å². The molecule has 9 heteroatoms. The van der Waals surface area contributed by atoms with E-state index in [0.717, 1.165) is 11.6 Å². The summed E-state index contributed by atoms with van der Waals surface area (Å²) >= 11 is 0. The number of nitrogens with zero attached hydrogens (tertiary/aromatic N) is 1. The number of likely N-dealkylation sites (tertiary alicyclic amines) is 1. The van der Waals surface area contributed by atoms with Crippen LogP contribution in [0.25, 0.3) is 0 Å². The van der Waals surface area contributed by atoms with Gasteiger partial charge in [0.1, 0.15) is 0 Å². The third kappa shape index (κ3) is 6.80. The van der Waals surface area contributed by atoms with Crippen molar-refractivity contribution in [1.29, 1.82) is 0 Å². The Morgan fingerprint density at radius 2 is 1.75 bits per heavy atom. The maximum atomic E-state index is 12.9. The van der Waals surface area contributed by atoms with Crippen LogP contribution >= 0.6 is 0 Å². The molecule has 1 heterocycles. The minimum Gasteiger partial charge on any atom is -0.353 e. The van der Waals surface area contributed by atoms with Gasteiger partial charge in [0.25, 0.3) is 0 Å². The number of sulfone groups is 1. The second-order valence-corrected chi connectivity index (χ2v) is 10.3. The molecule has 0 unspecified atom stereocenters. The second kappa shape index (κ2) is 10.0. The predicted molar refractivity (Wildman–Crippen MR) is 116 cm³/mol. The van der Waals surface area contributed by atoms with E-state index < -0.39 is 21.6 Å². The molecule has 0 bridgehead atoms. The molecule has 2 aromatic carbocycles. The Kier molecular flexibility index (Phi) is 7.61. The molecule has 0 atom stereocenters. The van der Waals surface area contributed by atoms with E-state index in [1.807, 2.05) is 6.92 Å². The molecule has 5 nitrogen and oxygen atoms in total. The van der Waals surface area contributed by atoms with Crippen molar-refractivity contribution in [3.05, 3.63) is 65.2 Å². The molecule has 1 N–H and O–H groups in total. The summed E-state index contributed by atoms with van der Waals surface area (Å²) in [6.45, 7) is 3.57. The molecule has 0 aromatic heterocycles. The van der Waals surface area contributed by atoms with Crippen molar-refractivity contribution in [3.63, 3.8) is 0 Å². The smallest absolute Gasteiger partial charge is 0.353 e. The zero-order valence-corrected chi connectivity index (χ0v) is 18.7. The fourth-order valence-corrected chi connectivity index (χ4v) is 4.97. The van der Waals surface area contributed by atoms with Gasteiger partial charge in [-0.05, 0) is 43.5 Å². The van der Waals surface area contributed by atoms with Gasteiger partial charge in [-0.15, -0.1) is 0 Å². The lowest BCUT2D eigenvalue weighted by atomic mass is 10.0. The van der Waals surface area contributed by atoms with Gasteiger partial charge in [0.2, 0.25) is 5.91 Å². The molecule has 3 rings (SSSR count). The average molecular weight is 469 g/mol. The number of carbonyl (C=O) groups excluding carboxylic acids is 1. The summed E-state index contributed by atoms with van der Waals surface area (Å²) in [6.07, 6.45) is -3.15. The van der Waals surface area contributed by atoms with Gasteiger partial charge in [-0.3, -0.25) is 9.69 Å². The van der Waals surface area contributed by atoms with Crippen molar-refractivity contribution in [3.8, 4) is 0 Å². The molecule has 1 saturated heterocycles. The van der Waals surface area contributed by atoms with Gasteiger partial charge >= 0.3 is 6.18 Å². The van der Waals surface area contributed by atoms with E-state index in [-0.39, 0.29) is 29.0 Å². The fourth-order valence-electron chi connectivity index (χ4n) is 3.73. The number of nitrogens with one attached hydrogen (secondary N) is 1. The first kappa shape index (κ1) is 24.3. The summed E-state index contributed by atoms with van der Waals surface area (Å²) in [4.78, 5) is 14.5. The quantitative estimate of drug-likeness (QED) is 0.668. The van der Waals surface area contributed by atoms with Gasteiger partial charge in [0, 0.05) is 32.1 Å². The number of halogens is 3. The van der Waals surface area contributed by atoms with E-state index in [9.17, 15) is 26.4 Å². The Labute approximate surface area is 186 Å². The summed E-state index contributed by atoms with van der Waals surface area (Å²) in [6, 6.07) is 11.8. The molecule has 174 valence electrons. The zero-order chi connectivity index (χ0) is 23.4. The van der Waals surface area contributed by atoms with Crippen LogP contribution in [0, 0.1) is 6.92 Å². The second-order valence-electron chi connectivity index (χ2n) is 8.20. The van der Waals surface area contributed by atoms with E-state index >= 15 is 0 Å². The van der Waals surface area contributed by atoms with Gasteiger partial charge in [0.15, 0.2) is 9.84 Å². The first-order valence-electron chi connectivity index (χ1n) is 10.5. The summed E-state index contributed by atoms with van der Waals surface area (Å²) in [5, 5.41) is 2.89. The maximum Gasteiger partial charge on any atom is 0.416 e. The van der Waals surface area contributed by atoms with Crippen LogP contribution in [-0.2, 0) is 27.4 Å². The number of aryl methyl sites for hydroxylation is 1. The van der Waals surface area contributed by atoms with Gasteiger partial charge in [0.05, 0.1) is 16.2 Å². The average Bonchev–Trinajstić information content (AvgIpc) is 2.74. The lowest BCUT2D eigenvalue weighted by Gasteiger charge is -2.32. The van der Waals surface area contributed by atoms with Crippen molar-refractivity contribution < 1.29 is 26.4 Å². The van der Waals surface area contributed by atoms with Crippen LogP contribution < -0.4 is 5.32 Å². The van der Waals surface area contributed by atoms with E-state index in [0.29, 0.717) is 38.0 Å². The van der Waals surface area contributed by atoms with Gasteiger partial charge in [-0.1, -0.05) is 35.9 Å². The summed E-state index contributed by atoms with van der Waals surface area (Å²) in [7, 11) is -3.52. The van der Waals surface area contributed by atoms with Crippen LogP contribution in [0.1, 0.15) is 36.0 Å². The summed E-state index contributed by atoms with van der Waals surface area (Å²) < 4.78 is 63.4. The molecule has 0 spiro atoms. The van der Waals surface area contributed by atoms with Gasteiger partial charge < -0.3 is 5.32 Å². The molecular weight excluding hydrogens is 441 g/mol. The molecule has 32 heavy (non-hydrogen) atoms. The molecule has 0 saturated carbocycles. The lowest BCUT2D eigenvalue weighted by molar-refractivity contribution is -0.137. The van der Waals surface area contributed by atoms with Crippen LogP contribution in [0.3, 0.4) is 0 Å². The van der Waals surface area contributed by atoms with Crippen molar-refractivity contribution in [2.45, 2.75) is 49.8 Å². The highest BCUT2D eigenvalue weighted by molar-refractivity contribution is 7.91. The van der Waals surface area contributed by atoms with Crippen LogP contribution in [-0.4, -0.2) is 44.1 Å². The minimum atomic E-state index is -4.36. The Morgan fingerprint density at radius 3 is 2.38 bits per heavy atom. The third-order valence-corrected chi connectivity index (χ3v) is 7.32. The van der Waals surface area contributed by atoms with Crippen LogP contribution in [0.5, 0.6) is 0 Å². The molecule has 2 aromatic rings. The van der Waals surface area contributed by atoms with Crippen molar-refractivity contribution in [2.24, 2.45) is 0 Å². The Bertz CT molecular complexity index is 1030. The molecular formula is C23H27F3N2O3S. The van der Waals surface area contributed by atoms with E-state index in [2.05, 4.69) is 10.2 Å². The molecule has 1 amide bonds. The molecule has 1 aliphatic rings. The minimum absolute atomic E-state index is 0.0673. The van der Waals surface area contributed by atoms with E-state index in [4.69, 9.17) is 0 Å². The number of amides is 1. The van der Waals surface area contributed by atoms with Crippen molar-refractivity contribution >= 4 is 15.7 Å². The van der Waals surface area contributed by atoms with E-state index in [1.54, 1.807) is 30.3 Å². The van der Waals surface area contributed by atoms with Crippen LogP contribution in [0.15, 0.2) is 53.4 Å². The Hall–Kier alpha value is -2.39. The number of piperidine rings is 1. The lowest BCUT2D eigenvalue weighted by Crippen LogP contribution is -2.44. The number of benzene rings is 2. The monoisotopic (exact) mass is 468 g/mol. The van der Waals surface area contributed by atoms with Crippen molar-refractivity contribution in [1.82, 2.24) is 10.2 Å². The maximum absolute atomic E-state index is 12.9. The highest BCUT2D eigenvalue weighted by Crippen LogP contribution is 2.30. The predicted octanol–water partition coefficient (Wildman–Crippen LogP) is 3.96. The first-order chi connectivity index (χ1) is 15.0. The number of carbonyl (C=O) groups is 1. The third-order valence-electron chi connectivity index (χ3n) is 5.59. The van der Waals surface area contributed by atoms with Crippen molar-refractivity contribution in [2.75, 3.05) is 18.8 Å². The molecule has 0 aliphatic carbocycles. The Morgan fingerprint density at radius 1 is 1.09 bits per heavy atom. The number of hydrogen-bond donors (Lipinski definition) is 1. The number of hydrogen-bond acceptors (Lipinski definition) is 4. The highest BCUT2D eigenvalue weighted by Gasteiger charge is 2.30. The van der Waals surface area contributed by atoms with Crippen LogP contribution in [0.2, 0.25) is 0 Å². The van der Waals surface area contributed by atoms with Crippen LogP contribution in [0.4, 0.5) is 13.2 Å². The largest absolute Gasteiger partial charge is 0.416 e. The Balaban J connectivity index is 1.44. The molecule has 1 aliphatic heterocycles. The fraction of sp³-hybridized carbons (Fsp3) is 0.435. The van der Waals surface area contributed by atoms with Gasteiger partial charge in [-0.2, -0.15) is 13.2 Å². The standard InChI is InChI=1S/C23H27F3N2O3S/c1-17-5-7-21(8-6-17)32(30,31)14-11-22(29)27-20-9-12-28(13-10-20)16-18-3-2-4-19(15-18)23(24,25)26/h2-8,15,20H,9-14,16H2,1H3,(H,27,29). The molecule has 0 radical (unpaired) electrons. The normalized spacial score (nSPS) is 16.1. The summed E-state index contributed by atoms with van der Waals surface area (Å²) in [5.74, 6) is -0.562. The zero-order valence-electron chi connectivity index (χ0n) is 17.9. The first-order valence-corrected chi connectivity index (χ1v) is 12.2. The molecule has 1 fully saturated rings. The number of rotatable bonds is 7. The summed E-state index contributed by atoms with van der Waals surface area (Å²) in [5.41, 5.74) is 0.905.